The van der Waals surface area contributed by atoms with Gasteiger partial charge in [-0.05, 0) is 53.9 Å². The third-order valence-electron chi connectivity index (χ3n) is 2.95. The molecule has 0 aliphatic carbocycles. The number of hydrogen-bond donors (Lipinski definition) is 0. The maximum absolute atomic E-state index is 6.16. The van der Waals surface area contributed by atoms with Gasteiger partial charge in [0.15, 0.2) is 0 Å². The molecule has 0 aliphatic heterocycles. The summed E-state index contributed by atoms with van der Waals surface area (Å²) in [5.41, 5.74) is 1.54. The lowest BCUT2D eigenvalue weighted by molar-refractivity contribution is 0.0408. The molecular weight excluding hydrogens is 305 g/mol. The molecule has 0 fully saturated rings. The summed E-state index contributed by atoms with van der Waals surface area (Å²) in [7, 11) is -0.406. The van der Waals surface area contributed by atoms with Crippen molar-refractivity contribution in [2.75, 3.05) is 0 Å². The lowest BCUT2D eigenvalue weighted by atomic mass is 9.76. The molecule has 1 heterocycles. The highest BCUT2D eigenvalue weighted by Gasteiger charge is 2.31. The van der Waals surface area contributed by atoms with E-state index in [1.807, 2.05) is 59.9 Å². The molecule has 1 aromatic carbocycles. The quantitative estimate of drug-likeness (QED) is 0.776. The van der Waals surface area contributed by atoms with Gasteiger partial charge >= 0.3 is 7.12 Å². The smallest absolute Gasteiger partial charge is 0.403 e. The van der Waals surface area contributed by atoms with Crippen molar-refractivity contribution in [3.05, 3.63) is 35.3 Å². The van der Waals surface area contributed by atoms with E-state index in [1.54, 1.807) is 11.3 Å². The van der Waals surface area contributed by atoms with Gasteiger partial charge in [-0.2, -0.15) is 0 Å². The Morgan fingerprint density at radius 1 is 1.00 bits per heavy atom. The summed E-state index contributed by atoms with van der Waals surface area (Å²) >= 11 is 1.69. The molecule has 3 nitrogen and oxygen atoms in total. The molecule has 0 amide bonds. The molecule has 0 bridgehead atoms. The Morgan fingerprint density at radius 3 is 2.09 bits per heavy atom. The Hall–Kier alpha value is -1.17. The number of hydrogen-bond acceptors (Lipinski definition) is 4. The number of aryl methyl sites for hydroxylation is 1. The van der Waals surface area contributed by atoms with Gasteiger partial charge in [0, 0.05) is 27.8 Å². The zero-order valence-corrected chi connectivity index (χ0v) is 16.0. The van der Waals surface area contributed by atoms with E-state index in [1.165, 1.54) is 4.88 Å². The van der Waals surface area contributed by atoms with Crippen LogP contribution in [0.3, 0.4) is 0 Å². The van der Waals surface area contributed by atoms with E-state index < -0.39 is 7.12 Å². The topological polar surface area (TPSA) is 31.4 Å². The molecule has 5 heteroatoms. The van der Waals surface area contributed by atoms with Crippen molar-refractivity contribution in [3.63, 3.8) is 0 Å². The van der Waals surface area contributed by atoms with Crippen LogP contribution < -0.4 is 5.46 Å². The zero-order valence-electron chi connectivity index (χ0n) is 15.1. The van der Waals surface area contributed by atoms with Gasteiger partial charge in [0.2, 0.25) is 0 Å². The zero-order chi connectivity index (χ0) is 17.3. The Morgan fingerprint density at radius 2 is 1.61 bits per heavy atom. The molecule has 2 rings (SSSR count). The van der Waals surface area contributed by atoms with E-state index in [-0.39, 0.29) is 11.2 Å². The van der Waals surface area contributed by atoms with E-state index in [4.69, 9.17) is 9.31 Å². The second kappa shape index (κ2) is 6.75. The van der Waals surface area contributed by atoms with E-state index in [0.29, 0.717) is 0 Å². The summed E-state index contributed by atoms with van der Waals surface area (Å²) in [6.45, 7) is 14.3. The maximum atomic E-state index is 6.16. The van der Waals surface area contributed by atoms with Crippen LogP contribution in [0, 0.1) is 6.92 Å². The average Bonchev–Trinajstić information content (AvgIpc) is 2.82. The minimum Gasteiger partial charge on any atom is -0.403 e. The van der Waals surface area contributed by atoms with Crippen LogP contribution in [0.25, 0.3) is 10.6 Å². The third kappa shape index (κ3) is 5.76. The monoisotopic (exact) mass is 331 g/mol. The predicted octanol–water partition coefficient (Wildman–Crippen LogP) is 4.44. The van der Waals surface area contributed by atoms with Crippen molar-refractivity contribution in [3.8, 4) is 10.6 Å². The fourth-order valence-corrected chi connectivity index (χ4v) is 2.87. The summed E-state index contributed by atoms with van der Waals surface area (Å²) < 4.78 is 12.3. The highest BCUT2D eigenvalue weighted by Crippen LogP contribution is 2.24. The molecule has 124 valence electrons. The standard InChI is InChI=1S/C18H26BNO2S/c1-13-12-20-16(23-13)14-9-8-10-15(11-14)19(21-17(2,3)4)22-18(5,6)7/h8-12H,1-7H3. The Labute approximate surface area is 144 Å². The second-order valence-electron chi connectivity index (χ2n) is 7.69. The van der Waals surface area contributed by atoms with Gasteiger partial charge in [-0.3, -0.25) is 0 Å². The van der Waals surface area contributed by atoms with Crippen LogP contribution in [0.4, 0.5) is 0 Å². The maximum Gasteiger partial charge on any atom is 0.494 e. The van der Waals surface area contributed by atoms with Crippen LogP contribution in [-0.2, 0) is 9.31 Å². The molecule has 0 atom stereocenters. The van der Waals surface area contributed by atoms with Gasteiger partial charge in [0.25, 0.3) is 0 Å². The van der Waals surface area contributed by atoms with Crippen molar-refractivity contribution >= 4 is 23.9 Å². The molecule has 0 N–H and O–H groups in total. The first kappa shape index (κ1) is 18.2. The summed E-state index contributed by atoms with van der Waals surface area (Å²) in [6.07, 6.45) is 1.90. The summed E-state index contributed by atoms with van der Waals surface area (Å²) in [5.74, 6) is 0. The first-order chi connectivity index (χ1) is 10.5. The first-order valence-corrected chi connectivity index (χ1v) is 8.73. The van der Waals surface area contributed by atoms with Gasteiger partial charge in [0.05, 0.1) is 0 Å². The fourth-order valence-electron chi connectivity index (χ4n) is 2.11. The van der Waals surface area contributed by atoms with Gasteiger partial charge in [-0.1, -0.05) is 24.3 Å². The normalized spacial score (nSPS) is 12.5. The average molecular weight is 331 g/mol. The molecule has 0 spiro atoms. The lowest BCUT2D eigenvalue weighted by Crippen LogP contribution is -2.46. The van der Waals surface area contributed by atoms with Crippen molar-refractivity contribution in [2.45, 2.75) is 59.7 Å². The molecule has 0 saturated carbocycles. The van der Waals surface area contributed by atoms with Crippen molar-refractivity contribution in [1.29, 1.82) is 0 Å². The Bertz CT molecular complexity index is 640. The number of rotatable bonds is 4. The van der Waals surface area contributed by atoms with E-state index in [0.717, 1.165) is 16.0 Å². The van der Waals surface area contributed by atoms with Gasteiger partial charge in [-0.25, -0.2) is 4.98 Å². The van der Waals surface area contributed by atoms with Crippen LogP contribution >= 0.6 is 11.3 Å². The molecule has 1 aromatic heterocycles. The van der Waals surface area contributed by atoms with Crippen molar-refractivity contribution in [1.82, 2.24) is 4.98 Å². The van der Waals surface area contributed by atoms with E-state index >= 15 is 0 Å². The lowest BCUT2D eigenvalue weighted by Gasteiger charge is -2.30. The molecule has 0 aliphatic rings. The minimum absolute atomic E-state index is 0.288. The van der Waals surface area contributed by atoms with Gasteiger partial charge in [-0.15, -0.1) is 11.3 Å². The Kier molecular flexibility index (Phi) is 5.34. The summed E-state index contributed by atoms with van der Waals surface area (Å²) in [6, 6.07) is 8.27. The Balaban J connectivity index is 2.34. The minimum atomic E-state index is -0.406. The first-order valence-electron chi connectivity index (χ1n) is 7.92. The summed E-state index contributed by atoms with van der Waals surface area (Å²) in [5, 5.41) is 1.02. The number of aromatic nitrogens is 1. The predicted molar refractivity (Wildman–Crippen MR) is 99.4 cm³/mol. The highest BCUT2D eigenvalue weighted by atomic mass is 32.1. The van der Waals surface area contributed by atoms with E-state index in [2.05, 4.69) is 24.0 Å². The van der Waals surface area contributed by atoms with Gasteiger partial charge < -0.3 is 9.31 Å². The number of benzene rings is 1. The molecular formula is C18H26BNO2S. The summed E-state index contributed by atoms with van der Waals surface area (Å²) in [4.78, 5) is 5.68. The van der Waals surface area contributed by atoms with E-state index in [9.17, 15) is 0 Å². The van der Waals surface area contributed by atoms with Crippen LogP contribution in [-0.4, -0.2) is 23.3 Å². The van der Waals surface area contributed by atoms with Crippen LogP contribution in [0.1, 0.15) is 46.4 Å². The molecule has 0 unspecified atom stereocenters. The molecule has 23 heavy (non-hydrogen) atoms. The number of nitrogens with zero attached hydrogens (tertiary/aromatic N) is 1. The molecule has 2 aromatic rings. The molecule has 0 saturated heterocycles. The van der Waals surface area contributed by atoms with Crippen LogP contribution in [0.15, 0.2) is 30.5 Å². The number of thiazole rings is 1. The second-order valence-corrected chi connectivity index (χ2v) is 8.93. The van der Waals surface area contributed by atoms with Gasteiger partial charge in [0.1, 0.15) is 5.01 Å². The SMILES string of the molecule is Cc1cnc(-c2cccc(B(OC(C)(C)C)OC(C)(C)C)c2)s1. The van der Waals surface area contributed by atoms with Crippen molar-refractivity contribution in [2.24, 2.45) is 0 Å². The van der Waals surface area contributed by atoms with Crippen LogP contribution in [0.5, 0.6) is 0 Å². The fraction of sp³-hybridized carbons (Fsp3) is 0.500. The van der Waals surface area contributed by atoms with Crippen molar-refractivity contribution < 1.29 is 9.31 Å². The van der Waals surface area contributed by atoms with Crippen LogP contribution in [0.2, 0.25) is 0 Å². The largest absolute Gasteiger partial charge is 0.494 e. The molecule has 0 radical (unpaired) electrons. The third-order valence-corrected chi connectivity index (χ3v) is 3.91. The highest BCUT2D eigenvalue weighted by molar-refractivity contribution is 7.14.